The largest absolute Gasteiger partial charge is 0.480 e. The molecule has 0 heterocycles. The van der Waals surface area contributed by atoms with Gasteiger partial charge in [-0.05, 0) is 42.5 Å². The van der Waals surface area contributed by atoms with Crippen LogP contribution in [-0.4, -0.2) is 58.8 Å². The van der Waals surface area contributed by atoms with Crippen LogP contribution in [0.15, 0.2) is 18.2 Å². The van der Waals surface area contributed by atoms with Gasteiger partial charge in [0.2, 0.25) is 23.7 Å². The predicted octanol–water partition coefficient (Wildman–Crippen LogP) is 1.13. The van der Waals surface area contributed by atoms with Crippen LogP contribution in [0.5, 0.6) is 0 Å². The maximum absolute atomic E-state index is 12.1. The molecule has 176 valence electrons. The molecule has 0 unspecified atom stereocenters. The maximum atomic E-state index is 12.1. The lowest BCUT2D eigenvalue weighted by atomic mass is 10.1. The number of benzene rings is 1. The Hall–Kier alpha value is -2.34. The Morgan fingerprint density at radius 2 is 1.72 bits per heavy atom. The normalized spacial score (nSPS) is 12.4. The van der Waals surface area contributed by atoms with Crippen molar-refractivity contribution in [2.75, 3.05) is 12.0 Å². The molecule has 0 aliphatic carbocycles. The SMILES string of the molecule is CSCC[C@@H](N)C(=O)N[C@@H](CCC(=O)NC(=N)NC(=O)Cc1c(Cl)cccc1Cl)C(=O)O. The van der Waals surface area contributed by atoms with Crippen LogP contribution in [0.1, 0.15) is 24.8 Å². The fourth-order valence-corrected chi connectivity index (χ4v) is 3.49. The van der Waals surface area contributed by atoms with E-state index in [1.165, 1.54) is 11.8 Å². The van der Waals surface area contributed by atoms with E-state index < -0.39 is 41.7 Å². The Morgan fingerprint density at radius 3 is 2.28 bits per heavy atom. The van der Waals surface area contributed by atoms with Crippen LogP contribution in [0.2, 0.25) is 10.0 Å². The fourth-order valence-electron chi connectivity index (χ4n) is 2.47. The van der Waals surface area contributed by atoms with Crippen molar-refractivity contribution < 1.29 is 24.3 Å². The molecule has 3 amide bonds. The molecule has 0 aliphatic rings. The highest BCUT2D eigenvalue weighted by molar-refractivity contribution is 7.98. The van der Waals surface area contributed by atoms with Gasteiger partial charge in [-0.1, -0.05) is 29.3 Å². The van der Waals surface area contributed by atoms with Gasteiger partial charge in [-0.3, -0.25) is 30.4 Å². The summed E-state index contributed by atoms with van der Waals surface area (Å²) in [5.74, 6) is -3.21. The Balaban J connectivity index is 2.50. The minimum Gasteiger partial charge on any atom is -0.480 e. The van der Waals surface area contributed by atoms with E-state index in [9.17, 15) is 24.3 Å². The zero-order valence-corrected chi connectivity index (χ0v) is 19.6. The zero-order valence-electron chi connectivity index (χ0n) is 17.2. The van der Waals surface area contributed by atoms with Gasteiger partial charge in [-0.2, -0.15) is 11.8 Å². The predicted molar refractivity (Wildman–Crippen MR) is 124 cm³/mol. The van der Waals surface area contributed by atoms with Crippen molar-refractivity contribution >= 4 is 64.6 Å². The number of rotatable bonds is 11. The molecule has 0 fully saturated rings. The molecule has 7 N–H and O–H groups in total. The van der Waals surface area contributed by atoms with E-state index in [0.717, 1.165) is 0 Å². The number of thioether (sulfide) groups is 1. The van der Waals surface area contributed by atoms with Gasteiger partial charge in [0.05, 0.1) is 12.5 Å². The van der Waals surface area contributed by atoms with Crippen molar-refractivity contribution in [3.05, 3.63) is 33.8 Å². The third-order valence-corrected chi connectivity index (χ3v) is 5.52. The quantitative estimate of drug-likeness (QED) is 0.193. The molecule has 13 heteroatoms. The minimum absolute atomic E-state index is 0.208. The second-order valence-electron chi connectivity index (χ2n) is 6.67. The van der Waals surface area contributed by atoms with Gasteiger partial charge < -0.3 is 16.2 Å². The molecule has 2 atom stereocenters. The first-order valence-electron chi connectivity index (χ1n) is 9.44. The van der Waals surface area contributed by atoms with Gasteiger partial charge in [0.1, 0.15) is 6.04 Å². The second-order valence-corrected chi connectivity index (χ2v) is 8.47. The summed E-state index contributed by atoms with van der Waals surface area (Å²) in [4.78, 5) is 47.4. The summed E-state index contributed by atoms with van der Waals surface area (Å²) in [6.45, 7) is 0. The molecule has 1 rings (SSSR count). The monoisotopic (exact) mass is 505 g/mol. The van der Waals surface area contributed by atoms with E-state index in [2.05, 4.69) is 16.0 Å². The van der Waals surface area contributed by atoms with Gasteiger partial charge in [0.15, 0.2) is 0 Å². The summed E-state index contributed by atoms with van der Waals surface area (Å²) >= 11 is 13.5. The van der Waals surface area contributed by atoms with Crippen LogP contribution < -0.4 is 21.7 Å². The number of nitrogens with two attached hydrogens (primary N) is 1. The van der Waals surface area contributed by atoms with Crippen molar-refractivity contribution in [3.8, 4) is 0 Å². The first-order valence-corrected chi connectivity index (χ1v) is 11.6. The van der Waals surface area contributed by atoms with Crippen LogP contribution in [-0.2, 0) is 25.6 Å². The lowest BCUT2D eigenvalue weighted by Gasteiger charge is -2.17. The van der Waals surface area contributed by atoms with E-state index in [1.54, 1.807) is 18.2 Å². The molecule has 32 heavy (non-hydrogen) atoms. The van der Waals surface area contributed by atoms with Crippen molar-refractivity contribution in [2.45, 2.75) is 37.8 Å². The number of guanidine groups is 1. The standard InChI is InChI=1S/C19H25Cl2N5O5S/c1-32-8-7-13(22)17(29)24-14(18(30)31)5-6-15(27)25-19(23)26-16(28)9-10-11(20)3-2-4-12(10)21/h2-4,13-14H,5-9,22H2,1H3,(H,24,29)(H,30,31)(H3,23,25,26,27,28)/t13-,14+/m1/s1. The molecule has 0 radical (unpaired) electrons. The zero-order chi connectivity index (χ0) is 24.3. The molecule has 0 spiro atoms. The molecule has 1 aromatic carbocycles. The van der Waals surface area contributed by atoms with Crippen LogP contribution in [0.25, 0.3) is 0 Å². The smallest absolute Gasteiger partial charge is 0.326 e. The van der Waals surface area contributed by atoms with Crippen molar-refractivity contribution in [1.29, 1.82) is 5.41 Å². The van der Waals surface area contributed by atoms with Gasteiger partial charge in [0.25, 0.3) is 0 Å². The number of carbonyl (C=O) groups excluding carboxylic acids is 3. The lowest BCUT2D eigenvalue weighted by Crippen LogP contribution is -2.49. The number of hydrogen-bond donors (Lipinski definition) is 6. The van der Waals surface area contributed by atoms with E-state index >= 15 is 0 Å². The Bertz CT molecular complexity index is 850. The Labute approximate surface area is 199 Å². The second kappa shape index (κ2) is 13.9. The number of carboxylic acid groups (broad SMARTS) is 1. The molecular weight excluding hydrogens is 481 g/mol. The molecule has 1 aromatic rings. The molecule has 0 bridgehead atoms. The minimum atomic E-state index is -1.32. The summed E-state index contributed by atoms with van der Waals surface area (Å²) in [6, 6.07) is 2.58. The van der Waals surface area contributed by atoms with E-state index in [1.807, 2.05) is 6.26 Å². The number of nitrogens with one attached hydrogen (secondary N) is 4. The van der Waals surface area contributed by atoms with E-state index in [4.69, 9.17) is 34.3 Å². The van der Waals surface area contributed by atoms with E-state index in [0.29, 0.717) is 17.7 Å². The number of halogens is 2. The van der Waals surface area contributed by atoms with Crippen LogP contribution in [0.3, 0.4) is 0 Å². The summed E-state index contributed by atoms with van der Waals surface area (Å²) in [5.41, 5.74) is 6.09. The molecule has 0 saturated carbocycles. The van der Waals surface area contributed by atoms with Gasteiger partial charge in [-0.15, -0.1) is 0 Å². The number of hydrogen-bond acceptors (Lipinski definition) is 7. The summed E-state index contributed by atoms with van der Waals surface area (Å²) < 4.78 is 0. The summed E-state index contributed by atoms with van der Waals surface area (Å²) in [5, 5.41) is 24.2. The number of amides is 3. The van der Waals surface area contributed by atoms with Crippen LogP contribution in [0, 0.1) is 5.41 Å². The lowest BCUT2D eigenvalue weighted by molar-refractivity contribution is -0.142. The highest BCUT2D eigenvalue weighted by Gasteiger charge is 2.24. The Kier molecular flexibility index (Phi) is 12.1. The first kappa shape index (κ1) is 27.7. The number of carboxylic acids is 1. The molecule has 0 aromatic heterocycles. The van der Waals surface area contributed by atoms with Gasteiger partial charge >= 0.3 is 5.97 Å². The third kappa shape index (κ3) is 9.86. The molecule has 0 aliphatic heterocycles. The van der Waals surface area contributed by atoms with E-state index in [-0.39, 0.29) is 29.3 Å². The summed E-state index contributed by atoms with van der Waals surface area (Å²) in [7, 11) is 0. The van der Waals surface area contributed by atoms with Crippen LogP contribution in [0.4, 0.5) is 0 Å². The maximum Gasteiger partial charge on any atom is 0.326 e. The third-order valence-electron chi connectivity index (χ3n) is 4.17. The van der Waals surface area contributed by atoms with Gasteiger partial charge in [0, 0.05) is 16.5 Å². The molecule has 10 nitrogen and oxygen atoms in total. The number of carbonyl (C=O) groups is 4. The average Bonchev–Trinajstić information content (AvgIpc) is 2.71. The number of aliphatic carboxylic acids is 1. The van der Waals surface area contributed by atoms with Crippen molar-refractivity contribution in [3.63, 3.8) is 0 Å². The Morgan fingerprint density at radius 1 is 1.12 bits per heavy atom. The van der Waals surface area contributed by atoms with Crippen LogP contribution >= 0.6 is 35.0 Å². The van der Waals surface area contributed by atoms with Gasteiger partial charge in [-0.25, -0.2) is 4.79 Å². The highest BCUT2D eigenvalue weighted by Crippen LogP contribution is 2.24. The average molecular weight is 506 g/mol. The van der Waals surface area contributed by atoms with Crippen molar-refractivity contribution in [1.82, 2.24) is 16.0 Å². The highest BCUT2D eigenvalue weighted by atomic mass is 35.5. The molecule has 0 saturated heterocycles. The topological polar surface area (TPSA) is 174 Å². The fraction of sp³-hybridized carbons (Fsp3) is 0.421. The first-order chi connectivity index (χ1) is 15.0. The summed E-state index contributed by atoms with van der Waals surface area (Å²) in [6.07, 6.45) is 1.50. The van der Waals surface area contributed by atoms with Crippen molar-refractivity contribution in [2.24, 2.45) is 5.73 Å². The molecular formula is C19H25Cl2N5O5S.